The molecule has 172 valence electrons. The number of likely N-dealkylation sites (tertiary alicyclic amines) is 1. The van der Waals surface area contributed by atoms with Crippen LogP contribution in [0.5, 0.6) is 0 Å². The molecule has 1 N–H and O–H groups in total. The molecule has 1 aromatic carbocycles. The van der Waals surface area contributed by atoms with E-state index < -0.39 is 6.04 Å². The number of thiol groups is 1. The number of benzene rings is 1. The number of hydrogen-bond acceptors (Lipinski definition) is 5. The number of nitrogens with one attached hydrogen (secondary N) is 1. The van der Waals surface area contributed by atoms with E-state index in [1.54, 1.807) is 18.2 Å². The smallest absolute Gasteiger partial charge is 0.234 e. The van der Waals surface area contributed by atoms with Gasteiger partial charge >= 0.3 is 0 Å². The molecular formula is C22H30Cl2FN3O2S. The quantitative estimate of drug-likeness (QED) is 0.476. The van der Waals surface area contributed by atoms with Crippen LogP contribution < -0.4 is 5.32 Å². The van der Waals surface area contributed by atoms with Gasteiger partial charge in [0.25, 0.3) is 0 Å². The molecule has 2 heterocycles. The Labute approximate surface area is 201 Å². The molecule has 0 spiro atoms. The molecule has 4 rings (SSSR count). The van der Waals surface area contributed by atoms with Crippen molar-refractivity contribution >= 4 is 49.1 Å². The first-order valence-corrected chi connectivity index (χ1v) is 10.9. The predicted octanol–water partition coefficient (Wildman–Crippen LogP) is 3.05. The van der Waals surface area contributed by atoms with E-state index in [1.165, 1.54) is 6.07 Å². The molecule has 1 aromatic rings. The summed E-state index contributed by atoms with van der Waals surface area (Å²) in [5, 5.41) is 2.96. The third-order valence-corrected chi connectivity index (χ3v) is 6.64. The van der Waals surface area contributed by atoms with E-state index >= 15 is 0 Å². The first-order valence-electron chi connectivity index (χ1n) is 10.4. The van der Waals surface area contributed by atoms with E-state index in [0.29, 0.717) is 31.7 Å². The second kappa shape index (κ2) is 11.7. The highest BCUT2D eigenvalue weighted by Crippen LogP contribution is 2.39. The van der Waals surface area contributed by atoms with E-state index in [-0.39, 0.29) is 53.5 Å². The van der Waals surface area contributed by atoms with E-state index in [4.69, 9.17) is 12.6 Å². The molecule has 3 aliphatic rings. The number of hydrogen-bond donors (Lipinski definition) is 2. The molecule has 31 heavy (non-hydrogen) atoms. The van der Waals surface area contributed by atoms with Crippen LogP contribution in [0.15, 0.2) is 35.9 Å². The summed E-state index contributed by atoms with van der Waals surface area (Å²) in [6, 6.07) is 6.11. The zero-order valence-electron chi connectivity index (χ0n) is 17.3. The number of ketones is 1. The minimum absolute atomic E-state index is 0. The molecule has 1 aliphatic carbocycles. The highest BCUT2D eigenvalue weighted by atomic mass is 35.5. The number of rotatable bonds is 6. The standard InChI is InChI=1S/C22H28FN3O2S.2ClH/c23-18-4-2-1-3-17(18)21(22(28)15-5-6-15)26-11-8-19(29)16(13-26)7-10-25-12-9-24-20(27)14-25;;/h1-4,7,15,19,21,29H,5-6,8-14H2,(H,24,27);2*1H/b16-7+;;. The monoisotopic (exact) mass is 489 g/mol. The molecule has 5 nitrogen and oxygen atoms in total. The number of piperazine rings is 1. The molecule has 0 aromatic heterocycles. The van der Waals surface area contributed by atoms with Crippen molar-refractivity contribution in [3.05, 3.63) is 47.3 Å². The molecule has 0 bridgehead atoms. The van der Waals surface area contributed by atoms with Crippen molar-refractivity contribution in [2.45, 2.75) is 30.6 Å². The fourth-order valence-corrected chi connectivity index (χ4v) is 4.53. The number of halogens is 3. The van der Waals surface area contributed by atoms with Crippen molar-refractivity contribution in [2.75, 3.05) is 39.3 Å². The van der Waals surface area contributed by atoms with E-state index in [0.717, 1.165) is 37.9 Å². The second-order valence-corrected chi connectivity index (χ2v) is 8.86. The van der Waals surface area contributed by atoms with Gasteiger partial charge in [-0.1, -0.05) is 24.3 Å². The Morgan fingerprint density at radius 3 is 2.61 bits per heavy atom. The van der Waals surface area contributed by atoms with Gasteiger partial charge in [0.2, 0.25) is 5.91 Å². The van der Waals surface area contributed by atoms with Crippen molar-refractivity contribution < 1.29 is 14.0 Å². The van der Waals surface area contributed by atoms with Gasteiger partial charge < -0.3 is 5.32 Å². The number of amides is 1. The summed E-state index contributed by atoms with van der Waals surface area (Å²) in [5.41, 5.74) is 1.63. The maximum atomic E-state index is 14.6. The van der Waals surface area contributed by atoms with Gasteiger partial charge in [-0.15, -0.1) is 24.8 Å². The topological polar surface area (TPSA) is 52.7 Å². The average molecular weight is 490 g/mol. The SMILES string of the molecule is Cl.Cl.O=C1CN(C/C=C2\CN(C(C(=O)C3CC3)c3ccccc3F)CCC2S)CCN1. The van der Waals surface area contributed by atoms with Crippen molar-refractivity contribution in [3.63, 3.8) is 0 Å². The molecule has 2 aliphatic heterocycles. The summed E-state index contributed by atoms with van der Waals surface area (Å²) in [5.74, 6) is -0.0614. The summed E-state index contributed by atoms with van der Waals surface area (Å²) >= 11 is 4.74. The van der Waals surface area contributed by atoms with Gasteiger partial charge in [-0.25, -0.2) is 4.39 Å². The molecule has 1 amide bonds. The summed E-state index contributed by atoms with van der Waals surface area (Å²) in [7, 11) is 0. The van der Waals surface area contributed by atoms with Crippen LogP contribution in [0.4, 0.5) is 4.39 Å². The van der Waals surface area contributed by atoms with Crippen molar-refractivity contribution in [1.29, 1.82) is 0 Å². The van der Waals surface area contributed by atoms with Gasteiger partial charge in [0, 0.05) is 49.5 Å². The van der Waals surface area contributed by atoms with Gasteiger partial charge in [-0.3, -0.25) is 19.4 Å². The van der Waals surface area contributed by atoms with Crippen LogP contribution in [0, 0.1) is 11.7 Å². The second-order valence-electron chi connectivity index (χ2n) is 8.24. The lowest BCUT2D eigenvalue weighted by Gasteiger charge is -2.38. The van der Waals surface area contributed by atoms with E-state index in [1.807, 2.05) is 0 Å². The Hall–Kier alpha value is -1.12. The molecule has 1 saturated carbocycles. The Kier molecular flexibility index (Phi) is 9.83. The highest BCUT2D eigenvalue weighted by Gasteiger charge is 2.40. The summed E-state index contributed by atoms with van der Waals surface area (Å²) in [6.45, 7) is 3.91. The third kappa shape index (κ3) is 6.45. The summed E-state index contributed by atoms with van der Waals surface area (Å²) < 4.78 is 14.6. The number of carbonyl (C=O) groups excluding carboxylic acids is 2. The maximum Gasteiger partial charge on any atom is 0.234 e. The van der Waals surface area contributed by atoms with Crippen LogP contribution >= 0.6 is 37.4 Å². The highest BCUT2D eigenvalue weighted by molar-refractivity contribution is 7.81. The number of Topliss-reactive ketones (excluding diaryl/α,β-unsaturated/α-hetero) is 1. The molecule has 9 heteroatoms. The van der Waals surface area contributed by atoms with Crippen LogP contribution in [0.25, 0.3) is 0 Å². The van der Waals surface area contributed by atoms with Crippen LogP contribution in [0.1, 0.15) is 30.9 Å². The first-order chi connectivity index (χ1) is 14.0. The van der Waals surface area contributed by atoms with Crippen LogP contribution in [-0.2, 0) is 9.59 Å². The Morgan fingerprint density at radius 1 is 1.19 bits per heavy atom. The van der Waals surface area contributed by atoms with Gasteiger partial charge in [0.05, 0.1) is 12.6 Å². The number of carbonyl (C=O) groups is 2. The van der Waals surface area contributed by atoms with Gasteiger partial charge in [-0.2, -0.15) is 12.6 Å². The van der Waals surface area contributed by atoms with Crippen molar-refractivity contribution in [3.8, 4) is 0 Å². The molecule has 3 fully saturated rings. The Bertz CT molecular complexity index is 822. The average Bonchev–Trinajstić information content (AvgIpc) is 3.55. The molecule has 2 unspecified atom stereocenters. The van der Waals surface area contributed by atoms with Crippen LogP contribution in [-0.4, -0.2) is 66.0 Å². The lowest BCUT2D eigenvalue weighted by Crippen LogP contribution is -2.47. The largest absolute Gasteiger partial charge is 0.354 e. The van der Waals surface area contributed by atoms with Crippen molar-refractivity contribution in [1.82, 2.24) is 15.1 Å². The Morgan fingerprint density at radius 2 is 1.94 bits per heavy atom. The van der Waals surface area contributed by atoms with Crippen LogP contribution in [0.3, 0.4) is 0 Å². The van der Waals surface area contributed by atoms with Crippen molar-refractivity contribution in [2.24, 2.45) is 5.92 Å². The minimum atomic E-state index is -0.534. The Balaban J connectivity index is 0.00000171. The molecular weight excluding hydrogens is 460 g/mol. The molecule has 0 radical (unpaired) electrons. The van der Waals surface area contributed by atoms with Crippen LogP contribution in [0.2, 0.25) is 0 Å². The maximum absolute atomic E-state index is 14.6. The van der Waals surface area contributed by atoms with Gasteiger partial charge in [0.15, 0.2) is 5.78 Å². The fraction of sp³-hybridized carbons (Fsp3) is 0.545. The third-order valence-electron chi connectivity index (χ3n) is 6.05. The zero-order chi connectivity index (χ0) is 20.4. The molecule has 2 atom stereocenters. The minimum Gasteiger partial charge on any atom is -0.354 e. The lowest BCUT2D eigenvalue weighted by atomic mass is 9.93. The van der Waals surface area contributed by atoms with Gasteiger partial charge in [-0.05, 0) is 30.9 Å². The molecule has 2 saturated heterocycles. The van der Waals surface area contributed by atoms with E-state index in [9.17, 15) is 14.0 Å². The lowest BCUT2D eigenvalue weighted by molar-refractivity contribution is -0.126. The zero-order valence-corrected chi connectivity index (χ0v) is 19.9. The normalized spacial score (nSPS) is 24.6. The number of piperidine rings is 1. The number of nitrogens with zero attached hydrogens (tertiary/aromatic N) is 2. The first kappa shape index (κ1) is 26.1. The van der Waals surface area contributed by atoms with E-state index in [2.05, 4.69) is 21.2 Å². The van der Waals surface area contributed by atoms with Gasteiger partial charge in [0.1, 0.15) is 5.82 Å². The fourth-order valence-electron chi connectivity index (χ4n) is 4.22. The summed E-state index contributed by atoms with van der Waals surface area (Å²) in [4.78, 5) is 28.9. The predicted molar refractivity (Wildman–Crippen MR) is 128 cm³/mol. The summed E-state index contributed by atoms with van der Waals surface area (Å²) in [6.07, 6.45) is 4.78.